The second-order valence-electron chi connectivity index (χ2n) is 5.15. The highest BCUT2D eigenvalue weighted by molar-refractivity contribution is 7.16. The fourth-order valence-electron chi connectivity index (χ4n) is 2.98. The number of benzene rings is 1. The number of hydrogen-bond donors (Lipinski definition) is 1. The summed E-state index contributed by atoms with van der Waals surface area (Å²) in [6.07, 6.45) is 0. The number of carbonyl (C=O) groups is 1. The highest BCUT2D eigenvalue weighted by Gasteiger charge is 2.30. The molecule has 0 saturated carbocycles. The van der Waals surface area contributed by atoms with Gasteiger partial charge in [0.25, 0.3) is 0 Å². The quantitative estimate of drug-likeness (QED) is 0.747. The fourth-order valence-corrected chi connectivity index (χ4v) is 4.02. The van der Waals surface area contributed by atoms with Crippen molar-refractivity contribution in [2.75, 3.05) is 11.9 Å². The standard InChI is InChI=1S/C14H8F2N2O3S/c1-17-3-5-4-22-13-8(14(20)21)12(19)6-2-7(15)9(16)11(17)10(6)18(5)13/h2,4H,3H2,1H3,(H,20,21). The van der Waals surface area contributed by atoms with Gasteiger partial charge in [0, 0.05) is 12.4 Å². The van der Waals surface area contributed by atoms with Crippen molar-refractivity contribution in [3.63, 3.8) is 0 Å². The molecule has 3 heterocycles. The summed E-state index contributed by atoms with van der Waals surface area (Å²) in [6.45, 7) is 0.296. The average Bonchev–Trinajstić information content (AvgIpc) is 2.85. The molecule has 0 radical (unpaired) electrons. The molecule has 1 aliphatic heterocycles. The molecule has 0 aliphatic carbocycles. The molecule has 0 unspecified atom stereocenters. The monoisotopic (exact) mass is 322 g/mol. The number of rotatable bonds is 1. The molecular weight excluding hydrogens is 314 g/mol. The third-order valence-corrected chi connectivity index (χ3v) is 4.87. The van der Waals surface area contributed by atoms with Gasteiger partial charge in [-0.3, -0.25) is 9.20 Å². The van der Waals surface area contributed by atoms with Crippen LogP contribution in [0.5, 0.6) is 0 Å². The number of aromatic nitrogens is 1. The first-order valence-electron chi connectivity index (χ1n) is 6.33. The molecule has 1 aromatic carbocycles. The topological polar surface area (TPSA) is 62.0 Å². The predicted molar refractivity (Wildman–Crippen MR) is 78.0 cm³/mol. The van der Waals surface area contributed by atoms with Crippen molar-refractivity contribution < 1.29 is 18.7 Å². The molecule has 2 aromatic heterocycles. The van der Waals surface area contributed by atoms with Crippen LogP contribution in [0, 0.1) is 11.6 Å². The van der Waals surface area contributed by atoms with Gasteiger partial charge < -0.3 is 10.0 Å². The van der Waals surface area contributed by atoms with Crippen LogP contribution < -0.4 is 10.3 Å². The number of anilines is 1. The molecule has 0 fully saturated rings. The van der Waals surface area contributed by atoms with Gasteiger partial charge >= 0.3 is 5.97 Å². The van der Waals surface area contributed by atoms with Gasteiger partial charge in [-0.1, -0.05) is 0 Å². The van der Waals surface area contributed by atoms with E-state index in [-0.39, 0.29) is 21.4 Å². The molecule has 22 heavy (non-hydrogen) atoms. The Hall–Kier alpha value is -2.48. The lowest BCUT2D eigenvalue weighted by Gasteiger charge is -2.27. The van der Waals surface area contributed by atoms with E-state index in [2.05, 4.69) is 0 Å². The number of carboxylic acids is 1. The lowest BCUT2D eigenvalue weighted by Crippen LogP contribution is -2.27. The van der Waals surface area contributed by atoms with E-state index in [1.54, 1.807) is 16.8 Å². The van der Waals surface area contributed by atoms with Crippen LogP contribution in [0.1, 0.15) is 16.1 Å². The van der Waals surface area contributed by atoms with Gasteiger partial charge in [0.2, 0.25) is 5.43 Å². The molecule has 0 saturated heterocycles. The summed E-state index contributed by atoms with van der Waals surface area (Å²) >= 11 is 1.11. The van der Waals surface area contributed by atoms with Crippen LogP contribution in [0.2, 0.25) is 0 Å². The predicted octanol–water partition coefficient (Wildman–Crippen LogP) is 2.44. The van der Waals surface area contributed by atoms with Gasteiger partial charge in [-0.15, -0.1) is 11.3 Å². The van der Waals surface area contributed by atoms with E-state index in [1.807, 2.05) is 0 Å². The largest absolute Gasteiger partial charge is 0.477 e. The molecule has 1 aliphatic rings. The van der Waals surface area contributed by atoms with Crippen LogP contribution in [-0.4, -0.2) is 22.5 Å². The van der Waals surface area contributed by atoms with Crippen LogP contribution >= 0.6 is 11.3 Å². The third-order valence-electron chi connectivity index (χ3n) is 3.87. The maximum atomic E-state index is 14.2. The smallest absolute Gasteiger partial charge is 0.342 e. The van der Waals surface area contributed by atoms with Gasteiger partial charge in [-0.05, 0) is 6.07 Å². The van der Waals surface area contributed by atoms with Crippen LogP contribution in [0.3, 0.4) is 0 Å². The van der Waals surface area contributed by atoms with Crippen molar-refractivity contribution in [3.8, 4) is 0 Å². The Morgan fingerprint density at radius 1 is 1.41 bits per heavy atom. The van der Waals surface area contributed by atoms with Crippen molar-refractivity contribution >= 4 is 38.7 Å². The molecule has 0 amide bonds. The van der Waals surface area contributed by atoms with Crippen LogP contribution in [0.15, 0.2) is 16.2 Å². The number of hydrogen-bond acceptors (Lipinski definition) is 4. The minimum Gasteiger partial charge on any atom is -0.477 e. The zero-order valence-electron chi connectivity index (χ0n) is 11.2. The minimum absolute atomic E-state index is 0.0232. The summed E-state index contributed by atoms with van der Waals surface area (Å²) in [5, 5.41) is 10.9. The van der Waals surface area contributed by atoms with Gasteiger partial charge in [0.1, 0.15) is 16.1 Å². The molecule has 0 spiro atoms. The van der Waals surface area contributed by atoms with Crippen molar-refractivity contribution in [2.45, 2.75) is 6.54 Å². The summed E-state index contributed by atoms with van der Waals surface area (Å²) in [6, 6.07) is 0.774. The van der Waals surface area contributed by atoms with E-state index in [0.717, 1.165) is 23.1 Å². The summed E-state index contributed by atoms with van der Waals surface area (Å²) in [4.78, 5) is 25.6. The zero-order chi connectivity index (χ0) is 15.8. The Labute approximate surface area is 125 Å². The molecule has 3 aromatic rings. The Morgan fingerprint density at radius 2 is 2.14 bits per heavy atom. The average molecular weight is 322 g/mol. The molecule has 0 atom stereocenters. The fraction of sp³-hybridized carbons (Fsp3) is 0.143. The normalized spacial score (nSPS) is 13.5. The van der Waals surface area contributed by atoms with E-state index in [9.17, 15) is 23.5 Å². The molecule has 112 valence electrons. The maximum Gasteiger partial charge on any atom is 0.342 e. The Kier molecular flexibility index (Phi) is 2.42. The number of carboxylic acid groups (broad SMARTS) is 1. The van der Waals surface area contributed by atoms with Crippen molar-refractivity contribution in [1.82, 2.24) is 4.40 Å². The van der Waals surface area contributed by atoms with E-state index in [1.165, 1.54) is 4.90 Å². The molecule has 4 rings (SSSR count). The second-order valence-corrected chi connectivity index (χ2v) is 6.01. The minimum atomic E-state index is -1.38. The second kappa shape index (κ2) is 4.04. The van der Waals surface area contributed by atoms with Gasteiger partial charge in [-0.25, -0.2) is 13.6 Å². The summed E-state index contributed by atoms with van der Waals surface area (Å²) < 4.78 is 29.6. The molecular formula is C14H8F2N2O3S. The molecule has 1 N–H and O–H groups in total. The van der Waals surface area contributed by atoms with Crippen molar-refractivity contribution in [3.05, 3.63) is 44.6 Å². The highest BCUT2D eigenvalue weighted by Crippen LogP contribution is 2.37. The molecule has 0 bridgehead atoms. The third kappa shape index (κ3) is 1.40. The van der Waals surface area contributed by atoms with E-state index < -0.39 is 28.6 Å². The lowest BCUT2D eigenvalue weighted by atomic mass is 10.1. The number of thiazole rings is 1. The van der Waals surface area contributed by atoms with E-state index >= 15 is 0 Å². The van der Waals surface area contributed by atoms with Crippen molar-refractivity contribution in [1.29, 1.82) is 0 Å². The number of halogens is 2. The summed E-state index contributed by atoms with van der Waals surface area (Å²) in [5.41, 5.74) is -0.288. The summed E-state index contributed by atoms with van der Waals surface area (Å²) in [5.74, 6) is -3.58. The first kappa shape index (κ1) is 13.2. The zero-order valence-corrected chi connectivity index (χ0v) is 12.0. The van der Waals surface area contributed by atoms with Gasteiger partial charge in [0.05, 0.1) is 23.1 Å². The molecule has 5 nitrogen and oxygen atoms in total. The first-order valence-corrected chi connectivity index (χ1v) is 7.21. The van der Waals surface area contributed by atoms with E-state index in [0.29, 0.717) is 6.54 Å². The van der Waals surface area contributed by atoms with Crippen LogP contribution in [-0.2, 0) is 6.54 Å². The highest BCUT2D eigenvalue weighted by atomic mass is 32.1. The summed E-state index contributed by atoms with van der Waals surface area (Å²) in [7, 11) is 1.60. The van der Waals surface area contributed by atoms with Gasteiger partial charge in [0.15, 0.2) is 11.6 Å². The van der Waals surface area contributed by atoms with Crippen LogP contribution in [0.25, 0.3) is 15.7 Å². The first-order chi connectivity index (χ1) is 10.4. The van der Waals surface area contributed by atoms with E-state index in [4.69, 9.17) is 0 Å². The number of pyridine rings is 1. The lowest BCUT2D eigenvalue weighted by molar-refractivity contribution is 0.0697. The number of nitrogens with zero attached hydrogens (tertiary/aromatic N) is 2. The molecule has 8 heteroatoms. The Balaban J connectivity index is 2.42. The van der Waals surface area contributed by atoms with Crippen LogP contribution in [0.4, 0.5) is 14.5 Å². The Bertz CT molecular complexity index is 1050. The SMILES string of the molecule is CN1Cc2csc3c(C(=O)O)c(=O)c4cc(F)c(F)c1c4n23. The Morgan fingerprint density at radius 3 is 2.82 bits per heavy atom. The maximum absolute atomic E-state index is 14.2. The van der Waals surface area contributed by atoms with Gasteiger partial charge in [-0.2, -0.15) is 0 Å². The number of aromatic carboxylic acids is 1. The van der Waals surface area contributed by atoms with Crippen molar-refractivity contribution in [2.24, 2.45) is 0 Å².